The Morgan fingerprint density at radius 3 is 2.52 bits per heavy atom. The summed E-state index contributed by atoms with van der Waals surface area (Å²) in [5.41, 5.74) is 1.03. The minimum atomic E-state index is -0.305. The van der Waals surface area contributed by atoms with Crippen molar-refractivity contribution < 1.29 is 4.74 Å². The molecule has 2 heterocycles. The highest BCUT2D eigenvalue weighted by Crippen LogP contribution is 2.19. The number of aromatic amines is 1. The van der Waals surface area contributed by atoms with E-state index in [0.29, 0.717) is 34.8 Å². The molecule has 0 radical (unpaired) electrons. The fourth-order valence-electron chi connectivity index (χ4n) is 3.44. The summed E-state index contributed by atoms with van der Waals surface area (Å²) in [5.74, 6) is 0.922. The predicted octanol–water partition coefficient (Wildman–Crippen LogP) is 2.75. The van der Waals surface area contributed by atoms with E-state index < -0.39 is 0 Å². The Morgan fingerprint density at radius 2 is 1.77 bits per heavy atom. The van der Waals surface area contributed by atoms with Gasteiger partial charge in [0.25, 0.3) is 11.1 Å². The van der Waals surface area contributed by atoms with Crippen LogP contribution in [0, 0.1) is 0 Å². The number of H-pyrrole nitrogens is 1. The number of anilines is 1. The van der Waals surface area contributed by atoms with Crippen molar-refractivity contribution in [3.63, 3.8) is 0 Å². The van der Waals surface area contributed by atoms with E-state index in [-0.39, 0.29) is 23.6 Å². The second-order valence-electron chi connectivity index (χ2n) is 7.30. The van der Waals surface area contributed by atoms with Crippen LogP contribution >= 0.6 is 0 Å². The average Bonchev–Trinajstić information content (AvgIpc) is 2.79. The van der Waals surface area contributed by atoms with Crippen LogP contribution in [-0.2, 0) is 6.54 Å². The molecule has 0 spiro atoms. The zero-order valence-electron chi connectivity index (χ0n) is 17.3. The molecule has 2 N–H and O–H groups in total. The number of benzene rings is 2. The summed E-state index contributed by atoms with van der Waals surface area (Å²) in [4.78, 5) is 32.2. The number of nitrogens with one attached hydrogen (secondary N) is 2. The van der Waals surface area contributed by atoms with Gasteiger partial charge in [-0.05, 0) is 23.6 Å². The molecular formula is C23H23N5O3. The summed E-state index contributed by atoms with van der Waals surface area (Å²) >= 11 is 0. The second kappa shape index (κ2) is 8.83. The van der Waals surface area contributed by atoms with Crippen LogP contribution < -0.4 is 21.2 Å². The standard InChI is InChI=1S/C23H23N5O3/c1-15(16-8-4-3-5-9-16)13-24-23-25-17(12-20(29)26-23)14-28-22(30)19-11-7-6-10-18(19)21(27-28)31-2/h3-12,15H,13-14H2,1-2H3,(H2,24,25,26,29)/t15-/m1/s1. The lowest BCUT2D eigenvalue weighted by Gasteiger charge is -2.14. The minimum Gasteiger partial charge on any atom is -0.480 e. The molecule has 1 atom stereocenters. The Morgan fingerprint density at radius 1 is 1.06 bits per heavy atom. The zero-order chi connectivity index (χ0) is 21.8. The Bertz CT molecular complexity index is 1310. The summed E-state index contributed by atoms with van der Waals surface area (Å²) < 4.78 is 6.61. The molecule has 0 saturated carbocycles. The number of hydrogen-bond donors (Lipinski definition) is 2. The van der Waals surface area contributed by atoms with Crippen molar-refractivity contribution in [1.82, 2.24) is 19.7 Å². The molecule has 2 aromatic heterocycles. The molecule has 0 saturated heterocycles. The van der Waals surface area contributed by atoms with Crippen molar-refractivity contribution in [3.8, 4) is 5.88 Å². The molecule has 4 rings (SSSR count). The smallest absolute Gasteiger partial charge is 0.275 e. The largest absolute Gasteiger partial charge is 0.480 e. The molecule has 158 valence electrons. The van der Waals surface area contributed by atoms with E-state index in [1.165, 1.54) is 23.4 Å². The molecular weight excluding hydrogens is 394 g/mol. The molecule has 0 amide bonds. The lowest BCUT2D eigenvalue weighted by Crippen LogP contribution is -2.26. The van der Waals surface area contributed by atoms with Crippen LogP contribution in [0.15, 0.2) is 70.3 Å². The molecule has 8 nitrogen and oxygen atoms in total. The summed E-state index contributed by atoms with van der Waals surface area (Å²) in [6, 6.07) is 18.6. The van der Waals surface area contributed by atoms with Crippen molar-refractivity contribution in [3.05, 3.63) is 92.6 Å². The van der Waals surface area contributed by atoms with Crippen molar-refractivity contribution in [2.24, 2.45) is 0 Å². The molecule has 0 unspecified atom stereocenters. The quantitative estimate of drug-likeness (QED) is 0.479. The second-order valence-corrected chi connectivity index (χ2v) is 7.30. The summed E-state index contributed by atoms with van der Waals surface area (Å²) in [6.07, 6.45) is 0. The van der Waals surface area contributed by atoms with E-state index in [9.17, 15) is 9.59 Å². The number of fused-ring (bicyclic) bond motifs is 1. The van der Waals surface area contributed by atoms with Gasteiger partial charge in [-0.15, -0.1) is 5.10 Å². The molecule has 8 heteroatoms. The van der Waals surface area contributed by atoms with E-state index in [2.05, 4.69) is 39.4 Å². The van der Waals surface area contributed by atoms with E-state index in [1.54, 1.807) is 18.2 Å². The Balaban J connectivity index is 1.59. The van der Waals surface area contributed by atoms with Gasteiger partial charge < -0.3 is 10.1 Å². The third kappa shape index (κ3) is 4.48. The van der Waals surface area contributed by atoms with E-state index in [1.807, 2.05) is 24.3 Å². The molecule has 4 aromatic rings. The third-order valence-electron chi connectivity index (χ3n) is 5.08. The fourth-order valence-corrected chi connectivity index (χ4v) is 3.44. The number of aromatic nitrogens is 4. The highest BCUT2D eigenvalue weighted by molar-refractivity contribution is 5.85. The summed E-state index contributed by atoms with van der Waals surface area (Å²) in [5, 5.41) is 8.61. The first kappa shape index (κ1) is 20.3. The Hall–Kier alpha value is -3.94. The van der Waals surface area contributed by atoms with Gasteiger partial charge in [0.1, 0.15) is 0 Å². The Kier molecular flexibility index (Phi) is 5.79. The van der Waals surface area contributed by atoms with Crippen LogP contribution in [-0.4, -0.2) is 33.4 Å². The van der Waals surface area contributed by atoms with Crippen LogP contribution in [0.2, 0.25) is 0 Å². The van der Waals surface area contributed by atoms with Crippen molar-refractivity contribution >= 4 is 16.7 Å². The molecule has 31 heavy (non-hydrogen) atoms. The van der Waals surface area contributed by atoms with Gasteiger partial charge in [-0.25, -0.2) is 9.67 Å². The zero-order valence-corrected chi connectivity index (χ0v) is 17.3. The maximum Gasteiger partial charge on any atom is 0.275 e. The first-order valence-electron chi connectivity index (χ1n) is 9.98. The topological polar surface area (TPSA) is 102 Å². The van der Waals surface area contributed by atoms with Crippen LogP contribution in [0.4, 0.5) is 5.95 Å². The third-order valence-corrected chi connectivity index (χ3v) is 5.08. The molecule has 0 bridgehead atoms. The SMILES string of the molecule is COc1nn(Cc2cc(=O)[nH]c(NC[C@@H](C)c3ccccc3)n2)c(=O)c2ccccc12. The van der Waals surface area contributed by atoms with Crippen molar-refractivity contribution in [2.75, 3.05) is 19.0 Å². The van der Waals surface area contributed by atoms with Gasteiger partial charge in [-0.2, -0.15) is 0 Å². The summed E-state index contributed by atoms with van der Waals surface area (Å²) in [6.45, 7) is 2.74. The molecule has 0 fully saturated rings. The van der Waals surface area contributed by atoms with Gasteiger partial charge in [-0.1, -0.05) is 49.4 Å². The normalized spacial score (nSPS) is 11.9. The van der Waals surface area contributed by atoms with E-state index in [4.69, 9.17) is 4.74 Å². The van der Waals surface area contributed by atoms with Crippen LogP contribution in [0.3, 0.4) is 0 Å². The molecule has 0 aliphatic rings. The number of ether oxygens (including phenoxy) is 1. The van der Waals surface area contributed by atoms with Gasteiger partial charge in [-0.3, -0.25) is 14.6 Å². The predicted molar refractivity (Wildman–Crippen MR) is 120 cm³/mol. The molecule has 0 aliphatic carbocycles. The highest BCUT2D eigenvalue weighted by Gasteiger charge is 2.12. The van der Waals surface area contributed by atoms with Crippen molar-refractivity contribution in [1.29, 1.82) is 0 Å². The summed E-state index contributed by atoms with van der Waals surface area (Å²) in [7, 11) is 1.50. The number of hydrogen-bond acceptors (Lipinski definition) is 6. The van der Waals surface area contributed by atoms with Gasteiger partial charge in [0, 0.05) is 12.6 Å². The fraction of sp³-hybridized carbons (Fsp3) is 0.217. The van der Waals surface area contributed by atoms with E-state index in [0.717, 1.165) is 0 Å². The van der Waals surface area contributed by atoms with Gasteiger partial charge in [0.2, 0.25) is 11.8 Å². The van der Waals surface area contributed by atoms with Crippen LogP contribution in [0.25, 0.3) is 10.8 Å². The number of methoxy groups -OCH3 is 1. The van der Waals surface area contributed by atoms with E-state index >= 15 is 0 Å². The van der Waals surface area contributed by atoms with Crippen molar-refractivity contribution in [2.45, 2.75) is 19.4 Å². The number of nitrogens with zero attached hydrogens (tertiary/aromatic N) is 3. The maximum atomic E-state index is 12.9. The number of rotatable bonds is 7. The lowest BCUT2D eigenvalue weighted by atomic mass is 10.0. The van der Waals surface area contributed by atoms with Crippen LogP contribution in [0.1, 0.15) is 24.1 Å². The first-order valence-corrected chi connectivity index (χ1v) is 9.98. The maximum absolute atomic E-state index is 12.9. The first-order chi connectivity index (χ1) is 15.0. The monoisotopic (exact) mass is 417 g/mol. The van der Waals surface area contributed by atoms with Crippen LogP contribution in [0.5, 0.6) is 5.88 Å². The highest BCUT2D eigenvalue weighted by atomic mass is 16.5. The van der Waals surface area contributed by atoms with Gasteiger partial charge in [0.15, 0.2) is 0 Å². The average molecular weight is 417 g/mol. The molecule has 0 aliphatic heterocycles. The Labute approximate surface area is 178 Å². The minimum absolute atomic E-state index is 0.0485. The molecule has 2 aromatic carbocycles. The lowest BCUT2D eigenvalue weighted by molar-refractivity contribution is 0.385. The van der Waals surface area contributed by atoms with Gasteiger partial charge >= 0.3 is 0 Å². The van der Waals surface area contributed by atoms with Gasteiger partial charge in [0.05, 0.1) is 30.1 Å².